The largest absolute Gasteiger partial charge is 0.346 e. The fourth-order valence-electron chi connectivity index (χ4n) is 1.77. The van der Waals surface area contributed by atoms with E-state index in [4.69, 9.17) is 0 Å². The summed E-state index contributed by atoms with van der Waals surface area (Å²) in [5.41, 5.74) is 1.19. The quantitative estimate of drug-likeness (QED) is 0.915. The first-order chi connectivity index (χ1) is 9.28. The van der Waals surface area contributed by atoms with E-state index in [-0.39, 0.29) is 23.0 Å². The minimum absolute atomic E-state index is 0.268. The van der Waals surface area contributed by atoms with E-state index in [0.29, 0.717) is 11.4 Å². The smallest absolute Gasteiger partial charge is 0.274 e. The van der Waals surface area contributed by atoms with Crippen LogP contribution in [0.3, 0.4) is 0 Å². The zero-order valence-electron chi connectivity index (χ0n) is 11.9. The van der Waals surface area contributed by atoms with Gasteiger partial charge in [-0.2, -0.15) is 0 Å². The van der Waals surface area contributed by atoms with Crippen molar-refractivity contribution in [2.45, 2.75) is 33.2 Å². The molecule has 1 heterocycles. The Balaban J connectivity index is 2.32. The zero-order valence-corrected chi connectivity index (χ0v) is 11.9. The number of benzene rings is 1. The van der Waals surface area contributed by atoms with E-state index in [1.54, 1.807) is 19.1 Å². The van der Waals surface area contributed by atoms with Crippen molar-refractivity contribution < 1.29 is 9.18 Å². The van der Waals surface area contributed by atoms with Crippen LogP contribution in [0.25, 0.3) is 5.69 Å². The van der Waals surface area contributed by atoms with Gasteiger partial charge in [0.1, 0.15) is 5.82 Å². The Kier molecular flexibility index (Phi) is 3.57. The molecule has 0 fully saturated rings. The molecule has 0 saturated carbocycles. The summed E-state index contributed by atoms with van der Waals surface area (Å²) in [5, 5.41) is 10.7. The van der Waals surface area contributed by atoms with Crippen LogP contribution in [0.1, 0.15) is 37.0 Å². The monoisotopic (exact) mass is 276 g/mol. The fraction of sp³-hybridized carbons (Fsp3) is 0.357. The number of hydrogen-bond donors (Lipinski definition) is 1. The van der Waals surface area contributed by atoms with Gasteiger partial charge >= 0.3 is 0 Å². The highest BCUT2D eigenvalue weighted by molar-refractivity contribution is 5.93. The third kappa shape index (κ3) is 3.01. The first kappa shape index (κ1) is 14.2. The number of nitrogens with one attached hydrogen (secondary N) is 1. The Bertz CT molecular complexity index is 626. The Hall–Kier alpha value is -2.24. The summed E-state index contributed by atoms with van der Waals surface area (Å²) in [6.07, 6.45) is 0. The number of hydrogen-bond acceptors (Lipinski definition) is 3. The van der Waals surface area contributed by atoms with Crippen molar-refractivity contribution in [3.8, 4) is 5.69 Å². The molecule has 1 amide bonds. The molecular weight excluding hydrogens is 259 g/mol. The molecule has 0 aliphatic heterocycles. The lowest BCUT2D eigenvalue weighted by molar-refractivity contribution is 0.0913. The van der Waals surface area contributed by atoms with Gasteiger partial charge < -0.3 is 5.32 Å². The molecule has 0 atom stereocenters. The summed E-state index contributed by atoms with van der Waals surface area (Å²) in [5.74, 6) is -0.597. The lowest BCUT2D eigenvalue weighted by atomic mass is 10.1. The molecule has 0 unspecified atom stereocenters. The number of aromatic nitrogens is 3. The molecule has 106 valence electrons. The molecule has 0 bridgehead atoms. The lowest BCUT2D eigenvalue weighted by Crippen LogP contribution is -2.41. The second kappa shape index (κ2) is 5.03. The molecule has 6 heteroatoms. The molecule has 0 saturated heterocycles. The molecule has 1 N–H and O–H groups in total. The van der Waals surface area contributed by atoms with E-state index in [1.807, 2.05) is 20.8 Å². The van der Waals surface area contributed by atoms with Gasteiger partial charge in [0, 0.05) is 5.54 Å². The average Bonchev–Trinajstić information content (AvgIpc) is 2.70. The van der Waals surface area contributed by atoms with Crippen molar-refractivity contribution in [3.05, 3.63) is 41.5 Å². The van der Waals surface area contributed by atoms with Gasteiger partial charge in [-0.1, -0.05) is 5.21 Å². The lowest BCUT2D eigenvalue weighted by Gasteiger charge is -2.19. The van der Waals surface area contributed by atoms with Crippen molar-refractivity contribution in [2.24, 2.45) is 0 Å². The Labute approximate surface area is 116 Å². The Morgan fingerprint density at radius 2 is 1.85 bits per heavy atom. The number of nitrogens with zero attached hydrogens (tertiary/aromatic N) is 3. The Morgan fingerprint density at radius 1 is 1.25 bits per heavy atom. The highest BCUT2D eigenvalue weighted by Crippen LogP contribution is 2.13. The SMILES string of the molecule is Cc1c(C(=O)NC(C)(C)C)nnn1-c1ccc(F)cc1. The molecule has 1 aromatic carbocycles. The van der Waals surface area contributed by atoms with E-state index < -0.39 is 0 Å². The molecule has 0 aliphatic carbocycles. The van der Waals surface area contributed by atoms with E-state index >= 15 is 0 Å². The summed E-state index contributed by atoms with van der Waals surface area (Å²) >= 11 is 0. The van der Waals surface area contributed by atoms with Crippen LogP contribution in [0.2, 0.25) is 0 Å². The first-order valence-electron chi connectivity index (χ1n) is 6.29. The molecule has 2 aromatic rings. The van der Waals surface area contributed by atoms with Crippen LogP contribution >= 0.6 is 0 Å². The zero-order chi connectivity index (χ0) is 14.9. The number of halogens is 1. The minimum Gasteiger partial charge on any atom is -0.346 e. The molecule has 0 spiro atoms. The molecule has 0 radical (unpaired) electrons. The van der Waals surface area contributed by atoms with Crippen LogP contribution in [0.15, 0.2) is 24.3 Å². The maximum atomic E-state index is 12.9. The maximum absolute atomic E-state index is 12.9. The van der Waals surface area contributed by atoms with Crippen molar-refractivity contribution >= 4 is 5.91 Å². The van der Waals surface area contributed by atoms with Crippen LogP contribution in [0, 0.1) is 12.7 Å². The van der Waals surface area contributed by atoms with E-state index in [1.165, 1.54) is 16.8 Å². The van der Waals surface area contributed by atoms with E-state index in [9.17, 15) is 9.18 Å². The summed E-state index contributed by atoms with van der Waals surface area (Å²) in [6, 6.07) is 5.85. The second-order valence-electron chi connectivity index (χ2n) is 5.62. The van der Waals surface area contributed by atoms with Crippen LogP contribution < -0.4 is 5.32 Å². The standard InChI is InChI=1S/C14H17FN4O/c1-9-12(13(20)16-14(2,3)4)17-18-19(9)11-7-5-10(15)6-8-11/h5-8H,1-4H3,(H,16,20). The predicted octanol–water partition coefficient (Wildman–Crippen LogP) is 2.24. The van der Waals surface area contributed by atoms with Gasteiger partial charge in [-0.15, -0.1) is 5.10 Å². The molecule has 20 heavy (non-hydrogen) atoms. The van der Waals surface area contributed by atoms with Gasteiger partial charge in [-0.3, -0.25) is 4.79 Å². The summed E-state index contributed by atoms with van der Waals surface area (Å²) in [7, 11) is 0. The van der Waals surface area contributed by atoms with Gasteiger partial charge in [-0.25, -0.2) is 9.07 Å². The van der Waals surface area contributed by atoms with E-state index in [2.05, 4.69) is 15.6 Å². The van der Waals surface area contributed by atoms with Crippen molar-refractivity contribution in [1.29, 1.82) is 0 Å². The average molecular weight is 276 g/mol. The molecule has 2 rings (SSSR count). The molecular formula is C14H17FN4O. The summed E-state index contributed by atoms with van der Waals surface area (Å²) < 4.78 is 14.4. The topological polar surface area (TPSA) is 59.8 Å². The minimum atomic E-state index is -0.344. The third-order valence-electron chi connectivity index (χ3n) is 2.67. The normalized spacial score (nSPS) is 11.4. The number of carbonyl (C=O) groups excluding carboxylic acids is 1. The number of amides is 1. The van der Waals surface area contributed by atoms with Crippen LogP contribution in [0.5, 0.6) is 0 Å². The second-order valence-corrected chi connectivity index (χ2v) is 5.62. The number of rotatable bonds is 2. The van der Waals surface area contributed by atoms with Gasteiger partial charge in [0.05, 0.1) is 11.4 Å². The van der Waals surface area contributed by atoms with Gasteiger partial charge in [0.25, 0.3) is 5.91 Å². The summed E-state index contributed by atoms with van der Waals surface area (Å²) in [4.78, 5) is 12.1. The van der Waals surface area contributed by atoms with Gasteiger partial charge in [0.2, 0.25) is 0 Å². The van der Waals surface area contributed by atoms with Crippen LogP contribution in [-0.2, 0) is 0 Å². The van der Waals surface area contributed by atoms with Crippen LogP contribution in [0.4, 0.5) is 4.39 Å². The van der Waals surface area contributed by atoms with Crippen molar-refractivity contribution in [1.82, 2.24) is 20.3 Å². The first-order valence-corrected chi connectivity index (χ1v) is 6.29. The van der Waals surface area contributed by atoms with Gasteiger partial charge in [0.15, 0.2) is 5.69 Å². The predicted molar refractivity (Wildman–Crippen MR) is 73.3 cm³/mol. The fourth-order valence-corrected chi connectivity index (χ4v) is 1.77. The van der Waals surface area contributed by atoms with Gasteiger partial charge in [-0.05, 0) is 52.0 Å². The highest BCUT2D eigenvalue weighted by atomic mass is 19.1. The Morgan fingerprint density at radius 3 is 2.40 bits per heavy atom. The number of carbonyl (C=O) groups is 1. The molecule has 0 aliphatic rings. The van der Waals surface area contributed by atoms with E-state index in [0.717, 1.165) is 0 Å². The van der Waals surface area contributed by atoms with Crippen LogP contribution in [-0.4, -0.2) is 26.4 Å². The molecule has 1 aromatic heterocycles. The third-order valence-corrected chi connectivity index (χ3v) is 2.67. The maximum Gasteiger partial charge on any atom is 0.274 e. The highest BCUT2D eigenvalue weighted by Gasteiger charge is 2.21. The van der Waals surface area contributed by atoms with Crippen molar-refractivity contribution in [3.63, 3.8) is 0 Å². The van der Waals surface area contributed by atoms with Crippen molar-refractivity contribution in [2.75, 3.05) is 0 Å². The molecule has 5 nitrogen and oxygen atoms in total. The summed E-state index contributed by atoms with van der Waals surface area (Å²) in [6.45, 7) is 7.43.